The van der Waals surface area contributed by atoms with Crippen LogP contribution in [0, 0.1) is 0 Å². The molecule has 4 heteroatoms. The van der Waals surface area contributed by atoms with Gasteiger partial charge < -0.3 is 6.15 Å². The van der Waals surface area contributed by atoms with Gasteiger partial charge in [-0.05, 0) is 11.0 Å². The van der Waals surface area contributed by atoms with Gasteiger partial charge in [-0.25, -0.2) is 0 Å². The molecule has 0 aliphatic carbocycles. The normalized spacial score (nSPS) is 0. The maximum Gasteiger partial charge on any atom is 3.00 e. The smallest absolute Gasteiger partial charge is 3.00 e. The summed E-state index contributed by atoms with van der Waals surface area (Å²) in [6, 6.07) is 0. The molecule has 0 amide bonds. The Hall–Kier alpha value is 1.40. The Bertz CT molecular complexity index is 11.6. The van der Waals surface area contributed by atoms with Gasteiger partial charge in [0, 0.05) is 21.1 Å². The quantitative estimate of drug-likeness (QED) is 0.512. The molecule has 0 aliphatic rings. The van der Waals surface area contributed by atoms with Gasteiger partial charge in [0.2, 0.25) is 0 Å². The van der Waals surface area contributed by atoms with Gasteiger partial charge >= 0.3 is 17.4 Å². The van der Waals surface area contributed by atoms with Crippen LogP contribution in [0.15, 0.2) is 0 Å². The molecule has 0 saturated heterocycles. The molecule has 0 rings (SSSR count). The van der Waals surface area contributed by atoms with Gasteiger partial charge in [-0.2, -0.15) is 0 Å². The molecule has 0 N–H and O–H groups in total. The fraction of sp³-hybridized carbons (Fsp3) is 1.00. The third-order valence-electron chi connectivity index (χ3n) is 0. The number of hydrogen-bond acceptors (Lipinski definition) is 0. The summed E-state index contributed by atoms with van der Waals surface area (Å²) >= 11 is 0. The van der Waals surface area contributed by atoms with E-state index >= 15 is 0 Å². The number of rotatable bonds is 0. The Kier molecular flexibility index (Phi) is 1020. The summed E-state index contributed by atoms with van der Waals surface area (Å²) < 4.78 is 0. The first-order valence-corrected chi connectivity index (χ1v) is 0. The van der Waals surface area contributed by atoms with Crippen molar-refractivity contribution in [3.63, 3.8) is 0 Å². The molecular formula is CH8AlNSiW. The van der Waals surface area contributed by atoms with Crippen LogP contribution in [0.25, 0.3) is 6.15 Å². The molecule has 0 atom stereocenters. The standard InChI is InChI=1S/CH4.Al.N.H4Si.W/h1H4;;;1H4;/q;+3;-3;;. The minimum atomic E-state index is 0. The largest absolute Gasteiger partial charge is 3.00 e. The maximum atomic E-state index is 0. The molecule has 0 aromatic heterocycles. The first kappa shape index (κ1) is 95.4. The fourth-order valence-electron chi connectivity index (χ4n) is 0. The van der Waals surface area contributed by atoms with Gasteiger partial charge in [0.15, 0.2) is 0 Å². The second kappa shape index (κ2) is 53.4. The van der Waals surface area contributed by atoms with Crippen LogP contribution in [0.3, 0.4) is 0 Å². The summed E-state index contributed by atoms with van der Waals surface area (Å²) in [5.74, 6) is 0. The third-order valence-corrected chi connectivity index (χ3v) is 0. The Morgan fingerprint density at radius 1 is 1.00 bits per heavy atom. The van der Waals surface area contributed by atoms with Gasteiger partial charge in [0.1, 0.15) is 0 Å². The van der Waals surface area contributed by atoms with Crippen molar-refractivity contribution in [3.8, 4) is 0 Å². The van der Waals surface area contributed by atoms with Crippen LogP contribution < -0.4 is 0 Å². The van der Waals surface area contributed by atoms with Crippen molar-refractivity contribution in [2.75, 3.05) is 0 Å². The molecule has 0 aromatic carbocycles. The van der Waals surface area contributed by atoms with E-state index in [2.05, 4.69) is 0 Å². The summed E-state index contributed by atoms with van der Waals surface area (Å²) in [5.41, 5.74) is 0. The molecule has 0 aromatic rings. The molecule has 30 valence electrons. The van der Waals surface area contributed by atoms with E-state index in [1.54, 1.807) is 0 Å². The molecule has 0 bridgehead atoms. The van der Waals surface area contributed by atoms with Gasteiger partial charge in [-0.3, -0.25) is 0 Å². The zero-order valence-corrected chi connectivity index (χ0v) is 5.52. The van der Waals surface area contributed by atoms with Crippen LogP contribution in [-0.2, 0) is 21.1 Å². The summed E-state index contributed by atoms with van der Waals surface area (Å²) in [6.07, 6.45) is 0. The van der Waals surface area contributed by atoms with Crippen LogP contribution in [-0.4, -0.2) is 28.3 Å². The monoisotopic (exact) mass is 273 g/mol. The molecule has 0 fully saturated rings. The second-order valence-corrected chi connectivity index (χ2v) is 0. The SMILES string of the molecule is C.[Al+3].[N-3].[SiH4].[W]. The number of nitrogens with zero attached hydrogens (tertiary/aromatic N) is 1. The van der Waals surface area contributed by atoms with E-state index in [9.17, 15) is 0 Å². The molecule has 0 radical (unpaired) electrons. The molecule has 0 aliphatic heterocycles. The first-order chi connectivity index (χ1) is 0. The Balaban J connectivity index is 0. The van der Waals surface area contributed by atoms with E-state index in [1.807, 2.05) is 0 Å². The first-order valence-electron chi connectivity index (χ1n) is 0. The predicted octanol–water partition coefficient (Wildman–Crippen LogP) is -0.910. The van der Waals surface area contributed by atoms with Crippen molar-refractivity contribution in [2.24, 2.45) is 0 Å². The van der Waals surface area contributed by atoms with Crippen LogP contribution in [0.4, 0.5) is 0 Å². The molecular weight excluding hydrogens is 265 g/mol. The van der Waals surface area contributed by atoms with E-state index in [0.717, 1.165) is 0 Å². The van der Waals surface area contributed by atoms with Crippen molar-refractivity contribution >= 4 is 28.3 Å². The van der Waals surface area contributed by atoms with Crippen LogP contribution >= 0.6 is 0 Å². The minimum absolute atomic E-state index is 0. The average Bonchev–Trinajstić information content (AvgIpc) is 0. The Labute approximate surface area is 62.9 Å². The fourth-order valence-corrected chi connectivity index (χ4v) is 0. The molecule has 0 heterocycles. The summed E-state index contributed by atoms with van der Waals surface area (Å²) in [5, 5.41) is 0. The van der Waals surface area contributed by atoms with Crippen molar-refractivity contribution in [3.05, 3.63) is 6.15 Å². The molecule has 0 unspecified atom stereocenters. The van der Waals surface area contributed by atoms with E-state index in [4.69, 9.17) is 0 Å². The Morgan fingerprint density at radius 2 is 1.00 bits per heavy atom. The predicted molar refractivity (Wildman–Crippen MR) is 27.2 cm³/mol. The zero-order valence-electron chi connectivity index (χ0n) is 1.43. The van der Waals surface area contributed by atoms with Crippen LogP contribution in [0.2, 0.25) is 0 Å². The van der Waals surface area contributed by atoms with Crippen molar-refractivity contribution in [1.82, 2.24) is 0 Å². The number of hydrogen-bond donors (Lipinski definition) is 0. The van der Waals surface area contributed by atoms with E-state index in [-0.39, 0.29) is 63.0 Å². The second-order valence-electron chi connectivity index (χ2n) is 0. The van der Waals surface area contributed by atoms with Crippen LogP contribution in [0.5, 0.6) is 0 Å². The van der Waals surface area contributed by atoms with Gasteiger partial charge in [-0.15, -0.1) is 0 Å². The zero-order chi connectivity index (χ0) is 0. The average molecular weight is 273 g/mol. The molecule has 1 nitrogen and oxygen atoms in total. The van der Waals surface area contributed by atoms with Crippen molar-refractivity contribution in [2.45, 2.75) is 7.43 Å². The van der Waals surface area contributed by atoms with Gasteiger partial charge in [-0.1, -0.05) is 7.43 Å². The topological polar surface area (TPSA) is 30.5 Å². The van der Waals surface area contributed by atoms with E-state index in [1.165, 1.54) is 0 Å². The summed E-state index contributed by atoms with van der Waals surface area (Å²) in [7, 11) is 0. The summed E-state index contributed by atoms with van der Waals surface area (Å²) in [4.78, 5) is 0. The van der Waals surface area contributed by atoms with Crippen molar-refractivity contribution < 1.29 is 21.1 Å². The minimum Gasteiger partial charge on any atom is -3.00 e. The molecule has 5 heavy (non-hydrogen) atoms. The third kappa shape index (κ3) is 31.9. The molecule has 0 spiro atoms. The Morgan fingerprint density at radius 3 is 1.00 bits per heavy atom. The van der Waals surface area contributed by atoms with E-state index < -0.39 is 0 Å². The van der Waals surface area contributed by atoms with Gasteiger partial charge in [0.05, 0.1) is 0 Å². The van der Waals surface area contributed by atoms with Crippen molar-refractivity contribution in [1.29, 1.82) is 0 Å². The van der Waals surface area contributed by atoms with Crippen LogP contribution in [0.1, 0.15) is 7.43 Å². The molecule has 0 saturated carbocycles. The van der Waals surface area contributed by atoms with Gasteiger partial charge in [0.25, 0.3) is 0 Å². The van der Waals surface area contributed by atoms with E-state index in [0.29, 0.717) is 0 Å². The summed E-state index contributed by atoms with van der Waals surface area (Å²) in [6.45, 7) is 0. The maximum absolute atomic E-state index is 0.